The lowest BCUT2D eigenvalue weighted by molar-refractivity contribution is -0.134. The molecule has 1 aromatic carbocycles. The summed E-state index contributed by atoms with van der Waals surface area (Å²) in [4.78, 5) is 36.0. The molecular weight excluding hydrogens is 454 g/mol. The fourth-order valence-electron chi connectivity index (χ4n) is 4.61. The van der Waals surface area contributed by atoms with E-state index in [0.717, 1.165) is 47.2 Å². The van der Waals surface area contributed by atoms with E-state index in [0.29, 0.717) is 31.5 Å². The van der Waals surface area contributed by atoms with Crippen molar-refractivity contribution in [2.75, 3.05) is 26.3 Å². The summed E-state index contributed by atoms with van der Waals surface area (Å²) in [7, 11) is 0. The van der Waals surface area contributed by atoms with Crippen LogP contribution in [0.1, 0.15) is 41.3 Å². The molecule has 6 nitrogen and oxygen atoms in total. The van der Waals surface area contributed by atoms with Gasteiger partial charge in [-0.3, -0.25) is 14.2 Å². The second kappa shape index (κ2) is 9.24. The number of hydrogen-bond acceptors (Lipinski definition) is 6. The van der Waals surface area contributed by atoms with Gasteiger partial charge in [-0.05, 0) is 75.3 Å². The van der Waals surface area contributed by atoms with Gasteiger partial charge in [0, 0.05) is 18.0 Å². The highest BCUT2D eigenvalue weighted by Gasteiger charge is 2.27. The molecule has 1 amide bonds. The van der Waals surface area contributed by atoms with Crippen LogP contribution in [0.25, 0.3) is 15.9 Å². The van der Waals surface area contributed by atoms with E-state index in [9.17, 15) is 9.59 Å². The van der Waals surface area contributed by atoms with Gasteiger partial charge in [-0.25, -0.2) is 4.98 Å². The summed E-state index contributed by atoms with van der Waals surface area (Å²) in [5.74, 6) is 0.0646. The largest absolute Gasteiger partial charge is 0.378 e. The first-order valence-corrected chi connectivity index (χ1v) is 13.3. The third-order valence-corrected chi connectivity index (χ3v) is 8.89. The Morgan fingerprint density at radius 1 is 1.15 bits per heavy atom. The molecule has 2 aromatic heterocycles. The van der Waals surface area contributed by atoms with Crippen LogP contribution in [0.3, 0.4) is 0 Å². The van der Waals surface area contributed by atoms with Gasteiger partial charge in [0.1, 0.15) is 4.83 Å². The fourth-order valence-corrected chi connectivity index (χ4v) is 6.92. The molecule has 1 aliphatic heterocycles. The number of morpholine rings is 1. The van der Waals surface area contributed by atoms with E-state index >= 15 is 0 Å². The lowest BCUT2D eigenvalue weighted by atomic mass is 9.97. The zero-order chi connectivity index (χ0) is 23.1. The molecule has 0 bridgehead atoms. The Kier molecular flexibility index (Phi) is 6.33. The molecule has 8 heteroatoms. The third kappa shape index (κ3) is 4.24. The number of ether oxygens (including phenoxy) is 1. The number of thiophene rings is 1. The summed E-state index contributed by atoms with van der Waals surface area (Å²) in [6.45, 7) is 8.39. The zero-order valence-electron chi connectivity index (χ0n) is 19.3. The second-order valence-electron chi connectivity index (χ2n) is 8.89. The molecule has 1 saturated heterocycles. The van der Waals surface area contributed by atoms with Crippen molar-refractivity contribution in [3.63, 3.8) is 0 Å². The number of amides is 1. The number of nitrogens with zero attached hydrogens (tertiary/aromatic N) is 3. The Morgan fingerprint density at radius 2 is 1.91 bits per heavy atom. The topological polar surface area (TPSA) is 64.4 Å². The number of aryl methyl sites for hydroxylation is 4. The van der Waals surface area contributed by atoms with Crippen molar-refractivity contribution in [1.82, 2.24) is 14.5 Å². The predicted octanol–water partition coefficient (Wildman–Crippen LogP) is 4.28. The molecule has 33 heavy (non-hydrogen) atoms. The average Bonchev–Trinajstić information content (AvgIpc) is 3.20. The molecule has 0 radical (unpaired) electrons. The molecule has 0 saturated carbocycles. The van der Waals surface area contributed by atoms with Crippen LogP contribution in [0.15, 0.2) is 28.2 Å². The number of aromatic nitrogens is 2. The van der Waals surface area contributed by atoms with Crippen LogP contribution in [0, 0.1) is 13.8 Å². The number of benzene rings is 1. The van der Waals surface area contributed by atoms with Crippen molar-refractivity contribution < 1.29 is 9.53 Å². The summed E-state index contributed by atoms with van der Waals surface area (Å²) in [5.41, 5.74) is 4.28. The zero-order valence-corrected chi connectivity index (χ0v) is 21.0. The highest BCUT2D eigenvalue weighted by atomic mass is 32.2. The SMILES string of the molecule is Cc1ccc(-n2c(SC(C)C(=O)N3CCOCC3)nc3sc4c(c3c2=O)CCCC4)cc1C. The summed E-state index contributed by atoms with van der Waals surface area (Å²) in [6, 6.07) is 6.07. The van der Waals surface area contributed by atoms with Gasteiger partial charge in [-0.1, -0.05) is 17.8 Å². The molecule has 2 aliphatic rings. The van der Waals surface area contributed by atoms with E-state index in [4.69, 9.17) is 9.72 Å². The number of thioether (sulfide) groups is 1. The minimum atomic E-state index is -0.347. The molecule has 174 valence electrons. The van der Waals surface area contributed by atoms with Gasteiger partial charge in [0.25, 0.3) is 5.56 Å². The third-order valence-electron chi connectivity index (χ3n) is 6.66. The van der Waals surface area contributed by atoms with E-state index in [2.05, 4.69) is 13.8 Å². The number of fused-ring (bicyclic) bond motifs is 3. The number of carbonyl (C=O) groups is 1. The van der Waals surface area contributed by atoms with Crippen molar-refractivity contribution in [2.45, 2.75) is 56.9 Å². The van der Waals surface area contributed by atoms with E-state index in [1.54, 1.807) is 15.9 Å². The maximum absolute atomic E-state index is 13.9. The van der Waals surface area contributed by atoms with E-state index in [1.807, 2.05) is 30.0 Å². The van der Waals surface area contributed by atoms with Crippen LogP contribution in [-0.4, -0.2) is 51.9 Å². The minimum Gasteiger partial charge on any atom is -0.378 e. The van der Waals surface area contributed by atoms with Crippen LogP contribution in [0.5, 0.6) is 0 Å². The highest BCUT2D eigenvalue weighted by molar-refractivity contribution is 8.00. The fraction of sp³-hybridized carbons (Fsp3) is 0.480. The summed E-state index contributed by atoms with van der Waals surface area (Å²) >= 11 is 3.03. The molecule has 5 rings (SSSR count). The number of rotatable bonds is 4. The molecule has 1 atom stereocenters. The Labute approximate surface area is 202 Å². The van der Waals surface area contributed by atoms with Gasteiger partial charge in [0.15, 0.2) is 5.16 Å². The molecule has 0 N–H and O–H groups in total. The van der Waals surface area contributed by atoms with Gasteiger partial charge in [-0.2, -0.15) is 0 Å². The van der Waals surface area contributed by atoms with Crippen LogP contribution in [-0.2, 0) is 22.4 Å². The summed E-state index contributed by atoms with van der Waals surface area (Å²) < 4.78 is 7.12. The van der Waals surface area contributed by atoms with Gasteiger partial charge in [0.2, 0.25) is 5.91 Å². The summed E-state index contributed by atoms with van der Waals surface area (Å²) in [5, 5.41) is 1.01. The Hall–Kier alpha value is -2.16. The minimum absolute atomic E-state index is 0.0174. The maximum Gasteiger partial charge on any atom is 0.267 e. The molecule has 1 aliphatic carbocycles. The molecule has 3 aromatic rings. The maximum atomic E-state index is 13.9. The first-order valence-electron chi connectivity index (χ1n) is 11.6. The monoisotopic (exact) mass is 483 g/mol. The van der Waals surface area contributed by atoms with Gasteiger partial charge >= 0.3 is 0 Å². The number of hydrogen-bond donors (Lipinski definition) is 0. The summed E-state index contributed by atoms with van der Waals surface area (Å²) in [6.07, 6.45) is 4.24. The molecule has 0 spiro atoms. The first-order chi connectivity index (χ1) is 15.9. The lowest BCUT2D eigenvalue weighted by Gasteiger charge is -2.29. The standard InChI is InChI=1S/C25H29N3O3S2/c1-15-8-9-18(14-16(15)2)28-24(30)21-19-6-4-5-7-20(19)33-22(21)26-25(28)32-17(3)23(29)27-10-12-31-13-11-27/h8-9,14,17H,4-7,10-13H2,1-3H3. The van der Waals surface area contributed by atoms with Crippen molar-refractivity contribution in [3.05, 3.63) is 50.1 Å². The lowest BCUT2D eigenvalue weighted by Crippen LogP contribution is -2.44. The van der Waals surface area contributed by atoms with E-state index < -0.39 is 0 Å². The number of carbonyl (C=O) groups excluding carboxylic acids is 1. The molecule has 1 fully saturated rings. The molecular formula is C25H29N3O3S2. The van der Waals surface area contributed by atoms with Crippen molar-refractivity contribution in [2.24, 2.45) is 0 Å². The van der Waals surface area contributed by atoms with E-state index in [-0.39, 0.29) is 16.7 Å². The van der Waals surface area contributed by atoms with Crippen LogP contribution < -0.4 is 5.56 Å². The van der Waals surface area contributed by atoms with E-state index in [1.165, 1.54) is 27.8 Å². The van der Waals surface area contributed by atoms with Crippen LogP contribution in [0.2, 0.25) is 0 Å². The van der Waals surface area contributed by atoms with Gasteiger partial charge in [-0.15, -0.1) is 11.3 Å². The van der Waals surface area contributed by atoms with Crippen molar-refractivity contribution in [1.29, 1.82) is 0 Å². The smallest absolute Gasteiger partial charge is 0.267 e. The normalized spacial score (nSPS) is 17.2. The quantitative estimate of drug-likeness (QED) is 0.409. The molecule has 1 unspecified atom stereocenters. The highest BCUT2D eigenvalue weighted by Crippen LogP contribution is 2.36. The van der Waals surface area contributed by atoms with Crippen LogP contribution in [0.4, 0.5) is 0 Å². The van der Waals surface area contributed by atoms with Gasteiger partial charge in [0.05, 0.1) is 29.5 Å². The Balaban J connectivity index is 1.62. The van der Waals surface area contributed by atoms with Crippen molar-refractivity contribution in [3.8, 4) is 5.69 Å². The predicted molar refractivity (Wildman–Crippen MR) is 134 cm³/mol. The van der Waals surface area contributed by atoms with Crippen molar-refractivity contribution >= 4 is 39.2 Å². The Morgan fingerprint density at radius 3 is 2.67 bits per heavy atom. The van der Waals surface area contributed by atoms with Gasteiger partial charge < -0.3 is 9.64 Å². The van der Waals surface area contributed by atoms with Crippen LogP contribution >= 0.6 is 23.1 Å². The Bertz CT molecular complexity index is 1270. The average molecular weight is 484 g/mol. The molecule has 3 heterocycles. The second-order valence-corrected chi connectivity index (χ2v) is 11.3. The first kappa shape index (κ1) is 22.6.